The predicted octanol–water partition coefficient (Wildman–Crippen LogP) is 3.14. The highest BCUT2D eigenvalue weighted by molar-refractivity contribution is 6.32. The van der Waals surface area contributed by atoms with Crippen LogP contribution in [0.5, 0.6) is 11.5 Å². The van der Waals surface area contributed by atoms with Crippen molar-refractivity contribution in [2.45, 2.75) is 13.3 Å². The Balaban J connectivity index is 1.93. The number of H-pyrrole nitrogens is 1. The van der Waals surface area contributed by atoms with Crippen LogP contribution in [0.25, 0.3) is 11.4 Å². The van der Waals surface area contributed by atoms with Crippen LogP contribution in [0.2, 0.25) is 5.02 Å². The minimum Gasteiger partial charge on any atom is -0.493 e. The highest BCUT2D eigenvalue weighted by Gasteiger charge is 2.29. The second-order valence-corrected chi connectivity index (χ2v) is 6.96. The molecule has 0 saturated carbocycles. The van der Waals surface area contributed by atoms with Gasteiger partial charge in [-0.1, -0.05) is 17.7 Å². The Hall–Kier alpha value is -3.46. The molecule has 1 aliphatic rings. The number of aromatic amines is 1. The second kappa shape index (κ2) is 8.11. The van der Waals surface area contributed by atoms with Gasteiger partial charge in [0.15, 0.2) is 11.5 Å². The van der Waals surface area contributed by atoms with Crippen molar-refractivity contribution in [1.82, 2.24) is 20.3 Å². The third kappa shape index (κ3) is 3.48. The number of para-hydroxylation sites is 1. The number of benzene rings is 1. The fraction of sp³-hybridized carbons (Fsp3) is 0.250. The summed E-state index contributed by atoms with van der Waals surface area (Å²) < 4.78 is 11.1. The maximum Gasteiger partial charge on any atom is 0.255 e. The Bertz CT molecular complexity index is 1110. The average Bonchev–Trinajstić information content (AvgIpc) is 3.09. The number of rotatable bonds is 6. The lowest BCUT2D eigenvalue weighted by atomic mass is 10.1. The van der Waals surface area contributed by atoms with Gasteiger partial charge < -0.3 is 30.8 Å². The number of methoxy groups -OCH3 is 1. The number of nitrogens with zero attached hydrogens (tertiary/aromatic N) is 2. The van der Waals surface area contributed by atoms with E-state index in [0.717, 1.165) is 5.69 Å². The third-order valence-corrected chi connectivity index (χ3v) is 5.00. The normalized spacial score (nSPS) is 12.8. The number of anilines is 3. The van der Waals surface area contributed by atoms with Gasteiger partial charge in [0.1, 0.15) is 5.69 Å². The predicted molar refractivity (Wildman–Crippen MR) is 115 cm³/mol. The molecule has 9 nitrogen and oxygen atoms in total. The molecule has 4 rings (SSSR count). The first kappa shape index (κ1) is 19.8. The molecule has 0 atom stereocenters. The average molecular weight is 429 g/mol. The van der Waals surface area contributed by atoms with Gasteiger partial charge in [-0.3, -0.25) is 4.79 Å². The maximum absolute atomic E-state index is 12.7. The molecule has 10 heteroatoms. The van der Waals surface area contributed by atoms with Crippen molar-refractivity contribution in [3.05, 3.63) is 40.7 Å². The molecular formula is C20H21ClN6O3. The summed E-state index contributed by atoms with van der Waals surface area (Å²) in [4.78, 5) is 24.4. The van der Waals surface area contributed by atoms with Gasteiger partial charge in [-0.05, 0) is 19.1 Å². The number of nitrogens with one attached hydrogen (secondary N) is 3. The van der Waals surface area contributed by atoms with Crippen molar-refractivity contribution < 1.29 is 14.3 Å². The minimum atomic E-state index is -0.192. The molecule has 1 aliphatic heterocycles. The number of aromatic nitrogens is 3. The van der Waals surface area contributed by atoms with E-state index in [1.807, 2.05) is 13.0 Å². The van der Waals surface area contributed by atoms with E-state index in [9.17, 15) is 4.79 Å². The molecule has 1 amide bonds. The molecule has 0 unspecified atom stereocenters. The Morgan fingerprint density at radius 1 is 1.37 bits per heavy atom. The molecule has 0 saturated heterocycles. The molecule has 5 N–H and O–H groups in total. The SMILES string of the molecule is CCOc1cnc(N)nc1-c1[nH]c2c(c1Nc1cccc(Cl)c1OC)C(=O)NCC2. The van der Waals surface area contributed by atoms with Gasteiger partial charge >= 0.3 is 0 Å². The number of halogens is 1. The quantitative estimate of drug-likeness (QED) is 0.475. The molecule has 30 heavy (non-hydrogen) atoms. The van der Waals surface area contributed by atoms with Gasteiger partial charge in [-0.15, -0.1) is 0 Å². The summed E-state index contributed by atoms with van der Waals surface area (Å²) in [5.74, 6) is 0.814. The first-order valence-electron chi connectivity index (χ1n) is 9.41. The van der Waals surface area contributed by atoms with Crippen LogP contribution in [0.15, 0.2) is 24.4 Å². The van der Waals surface area contributed by atoms with Crippen LogP contribution in [0.4, 0.5) is 17.3 Å². The maximum atomic E-state index is 12.7. The fourth-order valence-corrected chi connectivity index (χ4v) is 3.71. The van der Waals surface area contributed by atoms with Crippen molar-refractivity contribution in [2.75, 3.05) is 31.3 Å². The Morgan fingerprint density at radius 2 is 2.20 bits per heavy atom. The van der Waals surface area contributed by atoms with E-state index in [1.165, 1.54) is 13.3 Å². The van der Waals surface area contributed by atoms with Crippen LogP contribution in [0, 0.1) is 0 Å². The van der Waals surface area contributed by atoms with Crippen LogP contribution in [0.1, 0.15) is 23.0 Å². The molecule has 0 bridgehead atoms. The van der Waals surface area contributed by atoms with Crippen molar-refractivity contribution in [3.8, 4) is 22.9 Å². The van der Waals surface area contributed by atoms with Crippen LogP contribution in [0.3, 0.4) is 0 Å². The highest BCUT2D eigenvalue weighted by atomic mass is 35.5. The first-order chi connectivity index (χ1) is 14.5. The lowest BCUT2D eigenvalue weighted by Crippen LogP contribution is -2.31. The molecule has 0 fully saturated rings. The number of nitrogen functional groups attached to an aromatic ring is 1. The number of ether oxygens (including phenoxy) is 2. The minimum absolute atomic E-state index is 0.0942. The van der Waals surface area contributed by atoms with E-state index < -0.39 is 0 Å². The van der Waals surface area contributed by atoms with E-state index in [2.05, 4.69) is 25.6 Å². The lowest BCUT2D eigenvalue weighted by Gasteiger charge is -2.17. The monoisotopic (exact) mass is 428 g/mol. The van der Waals surface area contributed by atoms with E-state index >= 15 is 0 Å². The summed E-state index contributed by atoms with van der Waals surface area (Å²) in [6.07, 6.45) is 2.16. The molecule has 3 aromatic rings. The molecule has 0 radical (unpaired) electrons. The second-order valence-electron chi connectivity index (χ2n) is 6.55. The number of nitrogens with two attached hydrogens (primary N) is 1. The Morgan fingerprint density at radius 3 is 2.97 bits per heavy atom. The van der Waals surface area contributed by atoms with E-state index in [-0.39, 0.29) is 11.9 Å². The van der Waals surface area contributed by atoms with Crippen LogP contribution < -0.4 is 25.8 Å². The topological polar surface area (TPSA) is 127 Å². The zero-order chi connectivity index (χ0) is 21.3. The number of hydrogen-bond donors (Lipinski definition) is 4. The van der Waals surface area contributed by atoms with Crippen molar-refractivity contribution >= 4 is 34.8 Å². The zero-order valence-corrected chi connectivity index (χ0v) is 17.3. The van der Waals surface area contributed by atoms with Crippen molar-refractivity contribution in [3.63, 3.8) is 0 Å². The first-order valence-corrected chi connectivity index (χ1v) is 9.79. The van der Waals surface area contributed by atoms with Gasteiger partial charge in [0.05, 0.1) is 47.6 Å². The molecule has 0 spiro atoms. The van der Waals surface area contributed by atoms with Gasteiger partial charge in [-0.25, -0.2) is 9.97 Å². The van der Waals surface area contributed by atoms with Crippen molar-refractivity contribution in [2.24, 2.45) is 0 Å². The van der Waals surface area contributed by atoms with Crippen LogP contribution >= 0.6 is 11.6 Å². The van der Waals surface area contributed by atoms with Gasteiger partial charge in [-0.2, -0.15) is 0 Å². The zero-order valence-electron chi connectivity index (χ0n) is 16.5. The molecular weight excluding hydrogens is 408 g/mol. The third-order valence-electron chi connectivity index (χ3n) is 4.71. The fourth-order valence-electron chi connectivity index (χ4n) is 3.46. The standard InChI is InChI=1S/C20H21ClN6O3/c1-3-30-13-9-24-20(22)27-15(13)17-16(14-11(25-17)7-8-23-19(14)28)26-12-6-4-5-10(21)18(12)29-2/h4-6,9,25-26H,3,7-8H2,1-2H3,(H,23,28)(H2,22,24,27). The van der Waals surface area contributed by atoms with Gasteiger partial charge in [0.2, 0.25) is 5.95 Å². The number of hydrogen-bond acceptors (Lipinski definition) is 7. The van der Waals surface area contributed by atoms with Crippen LogP contribution in [-0.4, -0.2) is 41.1 Å². The van der Waals surface area contributed by atoms with Gasteiger partial charge in [0.25, 0.3) is 5.91 Å². The molecule has 2 aromatic heterocycles. The van der Waals surface area contributed by atoms with Gasteiger partial charge in [0, 0.05) is 18.7 Å². The number of carbonyl (C=O) groups is 1. The Kier molecular flexibility index (Phi) is 5.37. The summed E-state index contributed by atoms with van der Waals surface area (Å²) in [6, 6.07) is 5.33. The molecule has 1 aromatic carbocycles. The largest absolute Gasteiger partial charge is 0.493 e. The molecule has 156 valence electrons. The van der Waals surface area contributed by atoms with E-state index in [1.54, 1.807) is 12.1 Å². The highest BCUT2D eigenvalue weighted by Crippen LogP contribution is 2.42. The lowest BCUT2D eigenvalue weighted by molar-refractivity contribution is 0.0947. The van der Waals surface area contributed by atoms with E-state index in [4.69, 9.17) is 26.8 Å². The summed E-state index contributed by atoms with van der Waals surface area (Å²) >= 11 is 6.28. The summed E-state index contributed by atoms with van der Waals surface area (Å²) in [6.45, 7) is 2.82. The Labute approximate surface area is 178 Å². The van der Waals surface area contributed by atoms with Crippen molar-refractivity contribution in [1.29, 1.82) is 0 Å². The van der Waals surface area contributed by atoms with E-state index in [0.29, 0.717) is 64.4 Å². The van der Waals surface area contributed by atoms with Crippen LogP contribution in [-0.2, 0) is 6.42 Å². The summed E-state index contributed by atoms with van der Waals surface area (Å²) in [5, 5.41) is 6.62. The molecule has 3 heterocycles. The number of amides is 1. The summed E-state index contributed by atoms with van der Waals surface area (Å²) in [7, 11) is 1.53. The molecule has 0 aliphatic carbocycles. The summed E-state index contributed by atoms with van der Waals surface area (Å²) in [5.41, 5.74) is 9.29. The number of fused-ring (bicyclic) bond motifs is 1. The smallest absolute Gasteiger partial charge is 0.255 e. The number of carbonyl (C=O) groups excluding carboxylic acids is 1.